The summed E-state index contributed by atoms with van der Waals surface area (Å²) < 4.78 is 0. The van der Waals surface area contributed by atoms with Crippen LogP contribution in [0.5, 0.6) is 0 Å². The van der Waals surface area contributed by atoms with Crippen molar-refractivity contribution in [1.82, 2.24) is 31.9 Å². The van der Waals surface area contributed by atoms with Gasteiger partial charge < -0.3 is 47.8 Å². The van der Waals surface area contributed by atoms with E-state index in [0.29, 0.717) is 24.0 Å². The maximum atomic E-state index is 14.5. The molecule has 10 N–H and O–H groups in total. The van der Waals surface area contributed by atoms with Crippen molar-refractivity contribution in [2.45, 2.75) is 143 Å². The molecule has 22 nitrogen and oxygen atoms in total. The van der Waals surface area contributed by atoms with Gasteiger partial charge in [0.2, 0.25) is 41.2 Å². The van der Waals surface area contributed by atoms with Gasteiger partial charge in [-0.15, -0.1) is 0 Å². The number of rotatable bonds is 28. The van der Waals surface area contributed by atoms with Crippen molar-refractivity contribution in [3.63, 3.8) is 0 Å². The Morgan fingerprint density at radius 1 is 0.676 bits per heavy atom. The van der Waals surface area contributed by atoms with E-state index in [2.05, 4.69) is 31.9 Å². The molecular weight excluding hydrogens is 889 g/mol. The molecule has 22 heteroatoms. The van der Waals surface area contributed by atoms with Crippen LogP contribution in [0.15, 0.2) is 48.5 Å². The van der Waals surface area contributed by atoms with Gasteiger partial charge >= 0.3 is 11.9 Å². The summed E-state index contributed by atoms with van der Waals surface area (Å²) in [4.78, 5) is 141. The van der Waals surface area contributed by atoms with Crippen LogP contribution < -0.4 is 37.6 Å². The zero-order valence-corrected chi connectivity index (χ0v) is 39.3. The third-order valence-corrected chi connectivity index (χ3v) is 10.6. The standard InChI is InChI=1S/C46H64N8O14/c1-8-9-14-30(38(60)40(47)61)49-41(62)31(21-25(2)3)52-45(66)39(46(5,6)7)53-44(65)33(23-28-13-11-10-12-26(28)4)51-42(63)32(22-27-15-17-29(18-16-27)54(67)68)50-43(64)34(24-37(58)59)48-35(55)19-20-36(56)57/h10-13,15-18,25,30-34,39H,8-9,14,19-24H2,1-7H3,(H2,47,61)(H,48,55)(H,49,62)(H,50,64)(H,51,63)(H,52,66)(H,53,65)(H,56,57)(H,58,59)/t30-,31-,32+,33-,34-,39+/m0/s1. The van der Waals surface area contributed by atoms with Crippen molar-refractivity contribution in [3.05, 3.63) is 75.3 Å². The molecule has 0 saturated heterocycles. The molecule has 0 fully saturated rings. The quantitative estimate of drug-likeness (QED) is 0.0330. The molecule has 0 heterocycles. The van der Waals surface area contributed by atoms with E-state index in [9.17, 15) is 63.2 Å². The molecule has 7 amide bonds. The SMILES string of the molecule is CCCC[C@H](NC(=O)[C@H](CC(C)C)NC(=O)[C@@H](NC(=O)[C@H](Cc1ccccc1C)NC(=O)[C@@H](Cc1ccc([N+](=O)[O-])cc1)NC(=O)[C@H](CC(=O)O)NC(=O)CCC(=O)O)C(C)(C)C)C(=O)C(N)=O. The molecule has 2 aromatic carbocycles. The van der Waals surface area contributed by atoms with E-state index in [1.54, 1.807) is 65.8 Å². The molecule has 0 aromatic heterocycles. The Labute approximate surface area is 393 Å². The first kappa shape index (κ1) is 56.9. The van der Waals surface area contributed by atoms with Crippen molar-refractivity contribution in [2.24, 2.45) is 17.1 Å². The van der Waals surface area contributed by atoms with Crippen molar-refractivity contribution in [2.75, 3.05) is 0 Å². The van der Waals surface area contributed by atoms with Crippen LogP contribution >= 0.6 is 0 Å². The molecule has 0 bridgehead atoms. The number of nitro groups is 1. The molecule has 0 unspecified atom stereocenters. The number of nitrogens with two attached hydrogens (primary N) is 1. The highest BCUT2D eigenvalue weighted by Gasteiger charge is 2.39. The van der Waals surface area contributed by atoms with Gasteiger partial charge in [0, 0.05) is 31.4 Å². The van der Waals surface area contributed by atoms with Gasteiger partial charge in [0.15, 0.2) is 0 Å². The van der Waals surface area contributed by atoms with E-state index in [-0.39, 0.29) is 42.9 Å². The van der Waals surface area contributed by atoms with Gasteiger partial charge in [0.25, 0.3) is 11.6 Å². The summed E-state index contributed by atoms with van der Waals surface area (Å²) in [5, 5.41) is 45.1. The number of unbranched alkanes of at least 4 members (excludes halogenated alkanes) is 1. The predicted molar refractivity (Wildman–Crippen MR) is 245 cm³/mol. The lowest BCUT2D eigenvalue weighted by molar-refractivity contribution is -0.384. The topological polar surface area (TPSA) is 352 Å². The third-order valence-electron chi connectivity index (χ3n) is 10.6. The van der Waals surface area contributed by atoms with E-state index < -0.39 is 125 Å². The molecule has 0 aliphatic heterocycles. The number of primary amides is 1. The Balaban J connectivity index is 2.60. The van der Waals surface area contributed by atoms with E-state index in [1.807, 2.05) is 6.92 Å². The van der Waals surface area contributed by atoms with Crippen molar-refractivity contribution in [3.8, 4) is 0 Å². The second-order valence-electron chi connectivity index (χ2n) is 17.9. The fraction of sp³-hybridized carbons (Fsp3) is 0.522. The molecular formula is C46H64N8O14. The monoisotopic (exact) mass is 952 g/mol. The van der Waals surface area contributed by atoms with Crippen LogP contribution in [-0.2, 0) is 60.8 Å². The number of ketones is 1. The Bertz CT molecular complexity index is 2170. The Hall–Kier alpha value is -7.26. The van der Waals surface area contributed by atoms with Crippen LogP contribution in [-0.4, -0.2) is 110 Å². The molecule has 6 atom stereocenters. The lowest BCUT2D eigenvalue weighted by Gasteiger charge is -2.34. The van der Waals surface area contributed by atoms with Gasteiger partial charge in [-0.05, 0) is 47.8 Å². The first-order valence-corrected chi connectivity index (χ1v) is 22.1. The summed E-state index contributed by atoms with van der Waals surface area (Å²) in [5.41, 5.74) is 5.48. The second kappa shape index (κ2) is 26.8. The number of carbonyl (C=O) groups excluding carboxylic acids is 8. The molecule has 0 aliphatic carbocycles. The number of nitro benzene ring substituents is 1. The van der Waals surface area contributed by atoms with Crippen molar-refractivity contribution in [1.29, 1.82) is 0 Å². The van der Waals surface area contributed by atoms with Gasteiger partial charge in [0.05, 0.1) is 23.8 Å². The van der Waals surface area contributed by atoms with Gasteiger partial charge in [0.1, 0.15) is 30.2 Å². The molecule has 0 radical (unpaired) electrons. The zero-order chi connectivity index (χ0) is 51.5. The number of aliphatic carboxylic acids is 2. The first-order valence-electron chi connectivity index (χ1n) is 22.1. The number of amides is 7. The van der Waals surface area contributed by atoms with Crippen LogP contribution in [0.2, 0.25) is 0 Å². The second-order valence-corrected chi connectivity index (χ2v) is 17.9. The fourth-order valence-electron chi connectivity index (χ4n) is 6.88. The average molecular weight is 953 g/mol. The summed E-state index contributed by atoms with van der Waals surface area (Å²) >= 11 is 0. The van der Waals surface area contributed by atoms with Crippen molar-refractivity contribution < 1.29 is 63.1 Å². The number of aryl methyl sites for hydroxylation is 1. The summed E-state index contributed by atoms with van der Waals surface area (Å²) in [5.74, 6) is -10.9. The van der Waals surface area contributed by atoms with E-state index in [1.165, 1.54) is 12.1 Å². The van der Waals surface area contributed by atoms with Crippen LogP contribution in [0.1, 0.15) is 103 Å². The lowest BCUT2D eigenvalue weighted by Crippen LogP contribution is -2.62. The number of carboxylic acids is 2. The smallest absolute Gasteiger partial charge is 0.305 e. The number of Topliss-reactive ketones (excluding diaryl/α,β-unsaturated/α-hetero) is 1. The van der Waals surface area contributed by atoms with Crippen LogP contribution in [0.4, 0.5) is 5.69 Å². The highest BCUT2D eigenvalue weighted by atomic mass is 16.6. The molecule has 0 saturated carbocycles. The summed E-state index contributed by atoms with van der Waals surface area (Å²) in [6.07, 6.45) is -1.43. The van der Waals surface area contributed by atoms with E-state index >= 15 is 0 Å². The number of hydrogen-bond donors (Lipinski definition) is 9. The maximum Gasteiger partial charge on any atom is 0.305 e. The van der Waals surface area contributed by atoms with Gasteiger partial charge in [-0.3, -0.25) is 58.1 Å². The summed E-state index contributed by atoms with van der Waals surface area (Å²) in [6.45, 7) is 12.1. The number of carboxylic acid groups (broad SMARTS) is 2. The number of nitrogens with one attached hydrogen (secondary N) is 6. The number of non-ortho nitro benzene ring substituents is 1. The average Bonchev–Trinajstić information content (AvgIpc) is 3.24. The number of benzene rings is 2. The van der Waals surface area contributed by atoms with Crippen LogP contribution in [0, 0.1) is 28.4 Å². The van der Waals surface area contributed by atoms with Crippen LogP contribution in [0.25, 0.3) is 0 Å². The molecule has 0 spiro atoms. The Morgan fingerprint density at radius 2 is 1.21 bits per heavy atom. The molecule has 2 rings (SSSR count). The zero-order valence-electron chi connectivity index (χ0n) is 39.3. The highest BCUT2D eigenvalue weighted by Crippen LogP contribution is 2.22. The summed E-state index contributed by atoms with van der Waals surface area (Å²) in [7, 11) is 0. The summed E-state index contributed by atoms with van der Waals surface area (Å²) in [6, 6.07) is 3.02. The number of nitrogens with zero attached hydrogens (tertiary/aromatic N) is 1. The van der Waals surface area contributed by atoms with Gasteiger partial charge in [-0.2, -0.15) is 0 Å². The Kier molecular flexibility index (Phi) is 22.4. The minimum Gasteiger partial charge on any atom is -0.481 e. The number of hydrogen-bond acceptors (Lipinski definition) is 12. The van der Waals surface area contributed by atoms with Crippen molar-refractivity contribution >= 4 is 64.8 Å². The largest absolute Gasteiger partial charge is 0.481 e. The number of carbonyl (C=O) groups is 10. The third kappa shape index (κ3) is 19.3. The molecule has 2 aromatic rings. The fourth-order valence-corrected chi connectivity index (χ4v) is 6.88. The molecule has 372 valence electrons. The predicted octanol–water partition coefficient (Wildman–Crippen LogP) is 1.27. The van der Waals surface area contributed by atoms with Gasteiger partial charge in [-0.25, -0.2) is 0 Å². The highest BCUT2D eigenvalue weighted by molar-refractivity contribution is 6.37. The van der Waals surface area contributed by atoms with Gasteiger partial charge in [-0.1, -0.05) is 90.8 Å². The lowest BCUT2D eigenvalue weighted by atomic mass is 9.85. The van der Waals surface area contributed by atoms with E-state index in [4.69, 9.17) is 10.8 Å². The first-order chi connectivity index (χ1) is 31.7. The maximum absolute atomic E-state index is 14.5. The minimum atomic E-state index is -1.80. The Morgan fingerprint density at radius 3 is 1.72 bits per heavy atom. The molecule has 0 aliphatic rings. The van der Waals surface area contributed by atoms with Crippen LogP contribution in [0.3, 0.4) is 0 Å². The van der Waals surface area contributed by atoms with E-state index in [0.717, 1.165) is 12.1 Å². The normalized spacial score (nSPS) is 13.8. The molecule has 68 heavy (non-hydrogen) atoms. The minimum absolute atomic E-state index is 0.0841.